The summed E-state index contributed by atoms with van der Waals surface area (Å²) in [6.07, 6.45) is 0.374. The second-order valence-electron chi connectivity index (χ2n) is 5.04. The fourth-order valence-corrected chi connectivity index (χ4v) is 3.62. The lowest BCUT2D eigenvalue weighted by Gasteiger charge is -2.10. The van der Waals surface area contributed by atoms with Crippen LogP contribution in [0, 0.1) is 0 Å². The Bertz CT molecular complexity index is 890. The number of anilines is 1. The highest BCUT2D eigenvalue weighted by atomic mass is 35.5. The van der Waals surface area contributed by atoms with Gasteiger partial charge < -0.3 is 10.6 Å². The lowest BCUT2D eigenvalue weighted by Crippen LogP contribution is -2.33. The molecule has 3 aromatic rings. The zero-order chi connectivity index (χ0) is 17.1. The Balaban J connectivity index is 1.88. The summed E-state index contributed by atoms with van der Waals surface area (Å²) in [6.45, 7) is 1.77. The molecule has 4 nitrogen and oxygen atoms in total. The van der Waals surface area contributed by atoms with Crippen molar-refractivity contribution >= 4 is 62.1 Å². The SMILES string of the molecule is CCC(=O)NC(=S)Nc1ccc(Cl)c(-c2nc3ccccc3s2)c1. The second kappa shape index (κ2) is 7.25. The number of hydrogen-bond donors (Lipinski definition) is 2. The topological polar surface area (TPSA) is 54.0 Å². The van der Waals surface area contributed by atoms with Gasteiger partial charge in [-0.25, -0.2) is 4.98 Å². The molecule has 122 valence electrons. The Morgan fingerprint density at radius 1 is 1.29 bits per heavy atom. The number of halogens is 1. The van der Waals surface area contributed by atoms with Crippen LogP contribution in [0.5, 0.6) is 0 Å². The van der Waals surface area contributed by atoms with Crippen molar-refractivity contribution in [1.82, 2.24) is 10.3 Å². The molecule has 0 fully saturated rings. The maximum absolute atomic E-state index is 11.4. The summed E-state index contributed by atoms with van der Waals surface area (Å²) >= 11 is 13.1. The molecule has 0 radical (unpaired) electrons. The summed E-state index contributed by atoms with van der Waals surface area (Å²) in [5.74, 6) is -0.132. The van der Waals surface area contributed by atoms with Gasteiger partial charge in [-0.15, -0.1) is 11.3 Å². The Hall–Kier alpha value is -2.02. The van der Waals surface area contributed by atoms with Crippen LogP contribution in [0.3, 0.4) is 0 Å². The molecule has 0 spiro atoms. The van der Waals surface area contributed by atoms with Gasteiger partial charge in [-0.2, -0.15) is 0 Å². The van der Waals surface area contributed by atoms with Crippen LogP contribution in [0.2, 0.25) is 5.02 Å². The molecule has 0 unspecified atom stereocenters. The highest BCUT2D eigenvalue weighted by Crippen LogP contribution is 2.35. The van der Waals surface area contributed by atoms with Gasteiger partial charge in [0, 0.05) is 17.7 Å². The lowest BCUT2D eigenvalue weighted by atomic mass is 10.2. The van der Waals surface area contributed by atoms with Crippen LogP contribution in [0.1, 0.15) is 13.3 Å². The van der Waals surface area contributed by atoms with Crippen LogP contribution in [-0.4, -0.2) is 16.0 Å². The minimum absolute atomic E-state index is 0.132. The predicted octanol–water partition coefficient (Wildman–Crippen LogP) is 4.84. The van der Waals surface area contributed by atoms with E-state index in [9.17, 15) is 4.79 Å². The monoisotopic (exact) mass is 375 g/mol. The van der Waals surface area contributed by atoms with Gasteiger partial charge in [0.15, 0.2) is 5.11 Å². The third-order valence-corrected chi connectivity index (χ3v) is 4.93. The van der Waals surface area contributed by atoms with Crippen molar-refractivity contribution in [2.75, 3.05) is 5.32 Å². The van der Waals surface area contributed by atoms with Gasteiger partial charge in [-0.3, -0.25) is 4.79 Å². The zero-order valence-corrected chi connectivity index (χ0v) is 15.2. The number of nitrogens with zero attached hydrogens (tertiary/aromatic N) is 1. The van der Waals surface area contributed by atoms with Gasteiger partial charge >= 0.3 is 0 Å². The van der Waals surface area contributed by atoms with E-state index < -0.39 is 0 Å². The first-order valence-electron chi connectivity index (χ1n) is 7.33. The van der Waals surface area contributed by atoms with Crippen molar-refractivity contribution in [3.63, 3.8) is 0 Å². The molecule has 3 rings (SSSR count). The number of thiazole rings is 1. The maximum atomic E-state index is 11.4. The molecule has 0 aliphatic rings. The fraction of sp³-hybridized carbons (Fsp3) is 0.118. The van der Waals surface area contributed by atoms with Crippen LogP contribution >= 0.6 is 35.2 Å². The molecule has 0 saturated heterocycles. The molecule has 24 heavy (non-hydrogen) atoms. The molecule has 0 aliphatic carbocycles. The average molecular weight is 376 g/mol. The number of amides is 1. The van der Waals surface area contributed by atoms with E-state index in [0.29, 0.717) is 11.4 Å². The highest BCUT2D eigenvalue weighted by Gasteiger charge is 2.11. The normalized spacial score (nSPS) is 10.6. The third-order valence-electron chi connectivity index (χ3n) is 3.32. The molecule has 1 amide bonds. The quantitative estimate of drug-likeness (QED) is 0.643. The van der Waals surface area contributed by atoms with Gasteiger partial charge in [0.2, 0.25) is 5.91 Å². The second-order valence-corrected chi connectivity index (χ2v) is 6.88. The molecule has 1 heterocycles. The van der Waals surface area contributed by atoms with Gasteiger partial charge in [0.05, 0.1) is 15.2 Å². The van der Waals surface area contributed by atoms with Crippen LogP contribution < -0.4 is 10.6 Å². The van der Waals surface area contributed by atoms with E-state index in [-0.39, 0.29) is 11.0 Å². The molecule has 2 N–H and O–H groups in total. The smallest absolute Gasteiger partial charge is 0.225 e. The van der Waals surface area contributed by atoms with Gasteiger partial charge in [0.1, 0.15) is 5.01 Å². The van der Waals surface area contributed by atoms with Crippen molar-refractivity contribution in [2.45, 2.75) is 13.3 Å². The van der Waals surface area contributed by atoms with Crippen LogP contribution in [0.4, 0.5) is 5.69 Å². The summed E-state index contributed by atoms with van der Waals surface area (Å²) in [4.78, 5) is 16.0. The van der Waals surface area contributed by atoms with Crippen molar-refractivity contribution in [3.05, 3.63) is 47.5 Å². The van der Waals surface area contributed by atoms with Gasteiger partial charge in [-0.1, -0.05) is 30.7 Å². The number of carbonyl (C=O) groups excluding carboxylic acids is 1. The first-order chi connectivity index (χ1) is 11.6. The minimum Gasteiger partial charge on any atom is -0.332 e. The number of para-hydroxylation sites is 1. The summed E-state index contributed by atoms with van der Waals surface area (Å²) in [7, 11) is 0. The van der Waals surface area contributed by atoms with E-state index in [0.717, 1.165) is 26.5 Å². The highest BCUT2D eigenvalue weighted by molar-refractivity contribution is 7.80. The van der Waals surface area contributed by atoms with E-state index in [2.05, 4.69) is 15.6 Å². The van der Waals surface area contributed by atoms with Crippen molar-refractivity contribution < 1.29 is 4.79 Å². The van der Waals surface area contributed by atoms with E-state index >= 15 is 0 Å². The number of benzene rings is 2. The molecule has 0 saturated carbocycles. The molecule has 7 heteroatoms. The van der Waals surface area contributed by atoms with Crippen molar-refractivity contribution in [1.29, 1.82) is 0 Å². The molecule has 1 aromatic heterocycles. The van der Waals surface area contributed by atoms with E-state index in [1.807, 2.05) is 36.4 Å². The molecule has 0 atom stereocenters. The van der Waals surface area contributed by atoms with Crippen molar-refractivity contribution in [2.24, 2.45) is 0 Å². The molecule has 0 aliphatic heterocycles. The fourth-order valence-electron chi connectivity index (χ4n) is 2.13. The number of hydrogen-bond acceptors (Lipinski definition) is 4. The zero-order valence-electron chi connectivity index (χ0n) is 12.8. The van der Waals surface area contributed by atoms with Crippen LogP contribution in [-0.2, 0) is 4.79 Å². The summed E-state index contributed by atoms with van der Waals surface area (Å²) < 4.78 is 1.10. The van der Waals surface area contributed by atoms with E-state index in [1.54, 1.807) is 24.3 Å². The third kappa shape index (κ3) is 3.72. The average Bonchev–Trinajstić information content (AvgIpc) is 3.00. The summed E-state index contributed by atoms with van der Waals surface area (Å²) in [5.41, 5.74) is 2.51. The predicted molar refractivity (Wildman–Crippen MR) is 105 cm³/mol. The number of fused-ring (bicyclic) bond motifs is 1. The number of carbonyl (C=O) groups is 1. The molecule has 2 aromatic carbocycles. The molecule has 0 bridgehead atoms. The molecular weight excluding hydrogens is 362 g/mol. The Labute approximate surface area is 153 Å². The number of nitrogens with one attached hydrogen (secondary N) is 2. The first-order valence-corrected chi connectivity index (χ1v) is 8.93. The first kappa shape index (κ1) is 16.8. The van der Waals surface area contributed by atoms with Crippen molar-refractivity contribution in [3.8, 4) is 10.6 Å². The lowest BCUT2D eigenvalue weighted by molar-refractivity contribution is -0.119. The number of thiocarbonyl (C=S) groups is 1. The number of rotatable bonds is 3. The Kier molecular flexibility index (Phi) is 5.08. The standard InChI is InChI=1S/C17H14ClN3OS2/c1-2-15(22)21-17(23)19-10-7-8-12(18)11(9-10)16-20-13-5-3-4-6-14(13)24-16/h3-9H,2H2,1H3,(H2,19,21,22,23). The summed E-state index contributed by atoms with van der Waals surface area (Å²) in [6, 6.07) is 13.4. The summed E-state index contributed by atoms with van der Waals surface area (Å²) in [5, 5.41) is 7.32. The molecular formula is C17H14ClN3OS2. The minimum atomic E-state index is -0.132. The van der Waals surface area contributed by atoms with E-state index in [1.165, 1.54) is 0 Å². The van der Waals surface area contributed by atoms with Gasteiger partial charge in [-0.05, 0) is 42.5 Å². The van der Waals surface area contributed by atoms with Crippen LogP contribution in [0.15, 0.2) is 42.5 Å². The van der Waals surface area contributed by atoms with Gasteiger partial charge in [0.25, 0.3) is 0 Å². The maximum Gasteiger partial charge on any atom is 0.225 e. The largest absolute Gasteiger partial charge is 0.332 e. The Morgan fingerprint density at radius 2 is 2.08 bits per heavy atom. The van der Waals surface area contributed by atoms with E-state index in [4.69, 9.17) is 23.8 Å². The number of aromatic nitrogens is 1. The van der Waals surface area contributed by atoms with Crippen LogP contribution in [0.25, 0.3) is 20.8 Å². The Morgan fingerprint density at radius 3 is 2.83 bits per heavy atom.